The number of rotatable bonds is 5. The zero-order valence-electron chi connectivity index (χ0n) is 19.8. The normalized spacial score (nSPS) is 42.7. The molecule has 7 unspecified atom stereocenters. The quantitative estimate of drug-likeness (QED) is 0.340. The second-order valence-corrected chi connectivity index (χ2v) is 13.2. The van der Waals surface area contributed by atoms with E-state index in [1.54, 1.807) is 0 Å². The first kappa shape index (κ1) is 23.3. The van der Waals surface area contributed by atoms with Gasteiger partial charge in [0.25, 0.3) is 10.1 Å². The Morgan fingerprint density at radius 2 is 1.65 bits per heavy atom. The lowest BCUT2D eigenvalue weighted by molar-refractivity contribution is -0.188. The first-order valence-corrected chi connectivity index (χ1v) is 14.2. The molecule has 1 heterocycles. The fourth-order valence-corrected chi connectivity index (χ4v) is 9.06. The second kappa shape index (κ2) is 7.63. The Kier molecular flexibility index (Phi) is 4.81. The number of Topliss-reactive ketones (excluding diaryl/α,β-unsaturated/α-hetero) is 1. The van der Waals surface area contributed by atoms with Crippen LogP contribution in [0.2, 0.25) is 0 Å². The Labute approximate surface area is 212 Å². The molecule has 1 aromatic carbocycles. The SMILES string of the molecule is O=C1C2CC3CC1CC(C(=O)OC1C4CC5C1OC(=O)[C@H]5C4C(=O)Oc1ccc(S(=O)(=O)O)cc1)(C3)C2. The average Bonchev–Trinajstić information content (AvgIpc) is 3.45. The van der Waals surface area contributed by atoms with Crippen molar-refractivity contribution in [2.45, 2.75) is 55.6 Å². The van der Waals surface area contributed by atoms with E-state index in [1.165, 1.54) is 12.1 Å². The summed E-state index contributed by atoms with van der Waals surface area (Å²) in [6.45, 7) is 0. The van der Waals surface area contributed by atoms with Crippen LogP contribution in [0.1, 0.15) is 38.5 Å². The molecule has 8 rings (SSSR count). The van der Waals surface area contributed by atoms with Crippen molar-refractivity contribution in [2.75, 3.05) is 0 Å². The fraction of sp³-hybridized carbons (Fsp3) is 0.615. The predicted molar refractivity (Wildman–Crippen MR) is 121 cm³/mol. The Morgan fingerprint density at radius 1 is 0.973 bits per heavy atom. The molecule has 7 fully saturated rings. The van der Waals surface area contributed by atoms with Crippen LogP contribution in [0.3, 0.4) is 0 Å². The van der Waals surface area contributed by atoms with E-state index in [-0.39, 0.29) is 40.2 Å². The minimum absolute atomic E-state index is 0.0647. The van der Waals surface area contributed by atoms with Gasteiger partial charge in [-0.2, -0.15) is 8.42 Å². The molecule has 11 heteroatoms. The van der Waals surface area contributed by atoms with E-state index in [2.05, 4.69) is 0 Å². The molecule has 8 atom stereocenters. The van der Waals surface area contributed by atoms with Gasteiger partial charge in [0, 0.05) is 23.7 Å². The summed E-state index contributed by atoms with van der Waals surface area (Å²) in [7, 11) is -4.39. The summed E-state index contributed by atoms with van der Waals surface area (Å²) in [4.78, 5) is 51.8. The molecule has 7 aliphatic rings. The summed E-state index contributed by atoms with van der Waals surface area (Å²) in [5, 5.41) is 0. The molecular weight excluding hydrogens is 504 g/mol. The highest BCUT2D eigenvalue weighted by Gasteiger charge is 2.71. The topological polar surface area (TPSA) is 150 Å². The van der Waals surface area contributed by atoms with Gasteiger partial charge in [-0.3, -0.25) is 23.7 Å². The summed E-state index contributed by atoms with van der Waals surface area (Å²) in [6, 6.07) is 4.71. The smallest absolute Gasteiger partial charge is 0.315 e. The number of hydrogen-bond donors (Lipinski definition) is 1. The van der Waals surface area contributed by atoms with Gasteiger partial charge in [0.1, 0.15) is 23.7 Å². The molecule has 6 aliphatic carbocycles. The van der Waals surface area contributed by atoms with Gasteiger partial charge in [-0.1, -0.05) is 0 Å². The molecule has 0 amide bonds. The molecular formula is C26H26O10S. The van der Waals surface area contributed by atoms with Crippen LogP contribution in [0, 0.1) is 46.8 Å². The van der Waals surface area contributed by atoms with E-state index in [9.17, 15) is 27.6 Å². The van der Waals surface area contributed by atoms with Crippen LogP contribution in [0.15, 0.2) is 29.2 Å². The maximum Gasteiger partial charge on any atom is 0.315 e. The highest BCUT2D eigenvalue weighted by Crippen LogP contribution is 2.62. The van der Waals surface area contributed by atoms with Crippen molar-refractivity contribution in [3.8, 4) is 5.75 Å². The van der Waals surface area contributed by atoms with Crippen molar-refractivity contribution in [2.24, 2.45) is 46.8 Å². The Balaban J connectivity index is 1.11. The zero-order valence-corrected chi connectivity index (χ0v) is 20.6. The second-order valence-electron chi connectivity index (χ2n) is 11.8. The fourth-order valence-electron chi connectivity index (χ4n) is 8.58. The van der Waals surface area contributed by atoms with Crippen LogP contribution >= 0.6 is 0 Å². The molecule has 6 bridgehead atoms. The largest absolute Gasteiger partial charge is 0.458 e. The van der Waals surface area contributed by atoms with Gasteiger partial charge in [-0.05, 0) is 68.7 Å². The summed E-state index contributed by atoms with van der Waals surface area (Å²) in [5.41, 5.74) is -0.681. The Morgan fingerprint density at radius 3 is 2.30 bits per heavy atom. The number of carbonyl (C=O) groups excluding carboxylic acids is 4. The summed E-state index contributed by atoms with van der Waals surface area (Å²) in [5.74, 6) is -3.19. The van der Waals surface area contributed by atoms with Gasteiger partial charge in [0.15, 0.2) is 0 Å². The third-order valence-corrected chi connectivity index (χ3v) is 10.7. The lowest BCUT2D eigenvalue weighted by Crippen LogP contribution is -2.56. The summed E-state index contributed by atoms with van der Waals surface area (Å²) >= 11 is 0. The lowest BCUT2D eigenvalue weighted by Gasteiger charge is -2.54. The first-order chi connectivity index (χ1) is 17.5. The van der Waals surface area contributed by atoms with Gasteiger partial charge < -0.3 is 14.2 Å². The van der Waals surface area contributed by atoms with Crippen molar-refractivity contribution in [3.63, 3.8) is 0 Å². The summed E-state index contributed by atoms with van der Waals surface area (Å²) < 4.78 is 48.8. The van der Waals surface area contributed by atoms with Gasteiger partial charge in [0.05, 0.1) is 22.1 Å². The van der Waals surface area contributed by atoms with Crippen molar-refractivity contribution >= 4 is 33.8 Å². The van der Waals surface area contributed by atoms with E-state index in [0.717, 1.165) is 25.0 Å². The molecule has 1 N–H and O–H groups in total. The number of benzene rings is 1. The van der Waals surface area contributed by atoms with Crippen LogP contribution in [-0.2, 0) is 38.8 Å². The molecule has 196 valence electrons. The van der Waals surface area contributed by atoms with E-state index in [1.807, 2.05) is 0 Å². The molecule has 0 aromatic heterocycles. The third-order valence-electron chi connectivity index (χ3n) is 9.83. The standard InChI is InChI=1S/C26H26O10S/c27-20-12-5-11-6-13(20)10-26(8-11,9-12)25(30)36-22-17-7-16-19(24(29)35-21(16)22)18(17)23(28)34-14-1-3-15(4-2-14)37(31,32)33/h1-4,11-13,16-19,21-22H,5-10H2,(H,31,32,33)/t11?,12?,13?,16?,17?,18?,19-,21?,22?,26?/m1/s1. The van der Waals surface area contributed by atoms with E-state index >= 15 is 0 Å². The number of ketones is 1. The van der Waals surface area contributed by atoms with Crippen LogP contribution in [0.4, 0.5) is 0 Å². The van der Waals surface area contributed by atoms with Gasteiger partial charge in [-0.15, -0.1) is 0 Å². The number of carbonyl (C=O) groups is 4. The Bertz CT molecular complexity index is 1320. The van der Waals surface area contributed by atoms with Crippen LogP contribution in [0.5, 0.6) is 5.75 Å². The number of esters is 3. The molecule has 0 spiro atoms. The Hall–Kier alpha value is -2.79. The first-order valence-electron chi connectivity index (χ1n) is 12.8. The van der Waals surface area contributed by atoms with Crippen molar-refractivity contribution in [3.05, 3.63) is 24.3 Å². The number of ether oxygens (including phenoxy) is 3. The van der Waals surface area contributed by atoms with E-state index in [4.69, 9.17) is 18.8 Å². The average molecular weight is 531 g/mol. The van der Waals surface area contributed by atoms with E-state index in [0.29, 0.717) is 31.6 Å². The van der Waals surface area contributed by atoms with Gasteiger partial charge in [-0.25, -0.2) is 0 Å². The zero-order chi connectivity index (χ0) is 25.9. The predicted octanol–water partition coefficient (Wildman–Crippen LogP) is 1.95. The molecule has 1 aliphatic heterocycles. The highest BCUT2D eigenvalue weighted by atomic mass is 32.2. The minimum atomic E-state index is -4.39. The molecule has 10 nitrogen and oxygen atoms in total. The van der Waals surface area contributed by atoms with Gasteiger partial charge >= 0.3 is 17.9 Å². The molecule has 0 radical (unpaired) electrons. The summed E-state index contributed by atoms with van der Waals surface area (Å²) in [6.07, 6.45) is 2.60. The van der Waals surface area contributed by atoms with Crippen LogP contribution in [0.25, 0.3) is 0 Å². The van der Waals surface area contributed by atoms with E-state index < -0.39 is 57.4 Å². The van der Waals surface area contributed by atoms with Gasteiger partial charge in [0.2, 0.25) is 0 Å². The lowest BCUT2D eigenvalue weighted by atomic mass is 9.49. The number of hydrogen-bond acceptors (Lipinski definition) is 9. The molecule has 1 aromatic rings. The molecule has 6 saturated carbocycles. The molecule has 1 saturated heterocycles. The highest BCUT2D eigenvalue weighted by molar-refractivity contribution is 7.85. The minimum Gasteiger partial charge on any atom is -0.458 e. The third kappa shape index (κ3) is 3.35. The van der Waals surface area contributed by atoms with Crippen molar-refractivity contribution in [1.29, 1.82) is 0 Å². The maximum atomic E-state index is 13.6. The van der Waals surface area contributed by atoms with Crippen molar-refractivity contribution < 1.29 is 46.4 Å². The number of fused-ring (bicyclic) bond motifs is 1. The van der Waals surface area contributed by atoms with Crippen LogP contribution < -0.4 is 4.74 Å². The van der Waals surface area contributed by atoms with Crippen LogP contribution in [-0.4, -0.2) is 48.9 Å². The molecule has 37 heavy (non-hydrogen) atoms. The maximum absolute atomic E-state index is 13.6. The monoisotopic (exact) mass is 530 g/mol. The van der Waals surface area contributed by atoms with Crippen molar-refractivity contribution in [1.82, 2.24) is 0 Å².